The van der Waals surface area contributed by atoms with Crippen molar-refractivity contribution in [3.63, 3.8) is 0 Å². The molecular weight excluding hydrogens is 740 g/mol. The van der Waals surface area contributed by atoms with E-state index in [4.69, 9.17) is 18.1 Å². The molecule has 0 saturated heterocycles. The molecule has 0 aliphatic rings. The Hall–Kier alpha value is -0.912. The average molecular weight is 782 g/mol. The van der Waals surface area contributed by atoms with Crippen LogP contribution in [0.15, 0.2) is 60.9 Å². The molecule has 0 spiro atoms. The number of hydrogen-bond acceptors (Lipinski definition) is 5. The van der Waals surface area contributed by atoms with Crippen molar-refractivity contribution >= 4 is 31.9 Å². The number of hydrogen-bond donors (Lipinski definition) is 1. The maximum Gasteiger partial charge on any atom is 0.485 e. The van der Waals surface area contributed by atoms with Gasteiger partial charge in [-0.25, -0.2) is 13.2 Å². The van der Waals surface area contributed by atoms with Crippen LogP contribution in [-0.4, -0.2) is 71.5 Å². The zero-order valence-electron chi connectivity index (χ0n) is 22.8. The van der Waals surface area contributed by atoms with Crippen molar-refractivity contribution in [3.05, 3.63) is 66.5 Å². The van der Waals surface area contributed by atoms with E-state index in [1.807, 2.05) is 18.2 Å². The van der Waals surface area contributed by atoms with Crippen LogP contribution in [0.25, 0.3) is 0 Å². The van der Waals surface area contributed by atoms with Gasteiger partial charge in [0.2, 0.25) is 0 Å². The molecule has 2 rings (SSSR count). The van der Waals surface area contributed by atoms with Gasteiger partial charge in [-0.05, 0) is 61.2 Å². The van der Waals surface area contributed by atoms with Gasteiger partial charge in [-0.3, -0.25) is 4.98 Å². The molecule has 0 saturated carbocycles. The number of halogens is 3. The summed E-state index contributed by atoms with van der Waals surface area (Å²) in [6, 6.07) is 14.0. The van der Waals surface area contributed by atoms with Gasteiger partial charge >= 0.3 is 11.5 Å². The molecule has 2 aromatic rings. The maximum absolute atomic E-state index is 10.7. The zero-order valence-corrected chi connectivity index (χ0v) is 27.7. The van der Waals surface area contributed by atoms with Crippen LogP contribution in [-0.2, 0) is 31.2 Å². The van der Waals surface area contributed by atoms with Gasteiger partial charge in [-0.2, -0.15) is 13.2 Å². The van der Waals surface area contributed by atoms with Crippen LogP contribution in [0.3, 0.4) is 0 Å². The number of aromatic carboxylic acids is 1. The van der Waals surface area contributed by atoms with Gasteiger partial charge in [0, 0.05) is 33.5 Å². The average Bonchev–Trinajstić information content (AvgIpc) is 2.88. The SMILES string of the molecule is CCP(CC)CC.CCP(CC)CC.O=C(O)c1ccccc1.O=S(=O)([O-])C(F)(F)F.[Pt].c1ccncc1. The molecule has 0 aliphatic carbocycles. The van der Waals surface area contributed by atoms with Crippen molar-refractivity contribution in [1.29, 1.82) is 0 Å². The quantitative estimate of drug-likeness (QED) is 0.177. The summed E-state index contributed by atoms with van der Waals surface area (Å²) in [7, 11) is -5.20. The predicted molar refractivity (Wildman–Crippen MR) is 150 cm³/mol. The summed E-state index contributed by atoms with van der Waals surface area (Å²) in [5, 5.41) is 8.38. The molecular formula is C25H41F3NO5P2PtS-. The standard InChI is InChI=1S/C7H6O2.2C6H15P.C5H5N.CHF3O3S.Pt/c8-7(9)6-4-2-1-3-5-6;2*1-4-7(5-2)6-3;1-2-4-6-5-3-1;2-1(3,4)8(5,6)7;/h1-5H,(H,8,9);2*4-6H2,1-3H3;1-5H;(H,5,6,7);/p-1. The van der Waals surface area contributed by atoms with Crippen molar-refractivity contribution in [3.8, 4) is 0 Å². The largest absolute Gasteiger partial charge is 0.741 e. The maximum atomic E-state index is 10.7. The predicted octanol–water partition coefficient (Wildman–Crippen LogP) is 7.57. The summed E-state index contributed by atoms with van der Waals surface area (Å²) in [5.41, 5.74) is -5.31. The van der Waals surface area contributed by atoms with E-state index < -0.39 is 21.6 Å². The fraction of sp³-hybridized carbons (Fsp3) is 0.520. The van der Waals surface area contributed by atoms with Gasteiger partial charge in [0.1, 0.15) is 0 Å². The van der Waals surface area contributed by atoms with Crippen LogP contribution < -0.4 is 0 Å². The van der Waals surface area contributed by atoms with Crippen molar-refractivity contribution < 1.29 is 57.1 Å². The van der Waals surface area contributed by atoms with Crippen molar-refractivity contribution in [1.82, 2.24) is 4.98 Å². The molecule has 1 heterocycles. The molecule has 0 amide bonds. The molecule has 1 aromatic carbocycles. The number of nitrogens with zero attached hydrogens (tertiary/aromatic N) is 1. The minimum Gasteiger partial charge on any atom is -0.741 e. The first kappa shape index (κ1) is 44.1. The minimum absolute atomic E-state index is 0. The van der Waals surface area contributed by atoms with Crippen LogP contribution >= 0.6 is 15.8 Å². The Kier molecular flexibility index (Phi) is 32.1. The van der Waals surface area contributed by atoms with Gasteiger partial charge in [0.05, 0.1) is 5.56 Å². The van der Waals surface area contributed by atoms with Crippen LogP contribution in [0.2, 0.25) is 0 Å². The van der Waals surface area contributed by atoms with E-state index >= 15 is 0 Å². The zero-order chi connectivity index (χ0) is 29.3. The Balaban J connectivity index is -0.000000190. The summed E-state index contributed by atoms with van der Waals surface area (Å²) in [6.45, 7) is 13.7. The topological polar surface area (TPSA) is 107 Å². The monoisotopic (exact) mass is 781 g/mol. The number of benzene rings is 1. The van der Waals surface area contributed by atoms with E-state index in [-0.39, 0.29) is 21.1 Å². The van der Waals surface area contributed by atoms with E-state index in [2.05, 4.69) is 46.5 Å². The molecule has 1 aromatic heterocycles. The van der Waals surface area contributed by atoms with Crippen LogP contribution in [0.1, 0.15) is 51.9 Å². The first-order chi connectivity index (χ1) is 17.2. The first-order valence-corrected chi connectivity index (χ1v) is 17.1. The van der Waals surface area contributed by atoms with E-state index in [1.54, 1.807) is 42.7 Å². The van der Waals surface area contributed by atoms with E-state index in [9.17, 15) is 18.0 Å². The minimum atomic E-state index is -6.09. The van der Waals surface area contributed by atoms with E-state index in [0.717, 1.165) is 0 Å². The number of carboxylic acid groups (broad SMARTS) is 1. The number of carboxylic acids is 1. The second-order valence-corrected chi connectivity index (χ2v) is 14.7. The summed E-state index contributed by atoms with van der Waals surface area (Å²) >= 11 is 0. The van der Waals surface area contributed by atoms with Crippen molar-refractivity contribution in [2.45, 2.75) is 47.1 Å². The van der Waals surface area contributed by atoms with E-state index in [0.29, 0.717) is 21.4 Å². The third-order valence-corrected chi connectivity index (χ3v) is 10.5. The number of carbonyl (C=O) groups is 1. The number of pyridine rings is 1. The van der Waals surface area contributed by atoms with Crippen LogP contribution in [0, 0.1) is 0 Å². The van der Waals surface area contributed by atoms with Crippen LogP contribution in [0.4, 0.5) is 13.2 Å². The van der Waals surface area contributed by atoms with Gasteiger partial charge in [-0.15, -0.1) is 15.8 Å². The Labute approximate surface area is 243 Å². The summed E-state index contributed by atoms with van der Waals surface area (Å²) in [5.74, 6) is -0.879. The molecule has 1 N–H and O–H groups in total. The summed E-state index contributed by atoms with van der Waals surface area (Å²) < 4.78 is 58.9. The Bertz CT molecular complexity index is 824. The molecule has 0 atom stereocenters. The number of alkyl halides is 3. The Morgan fingerprint density at radius 3 is 1.18 bits per heavy atom. The summed E-state index contributed by atoms with van der Waals surface area (Å²) in [6.07, 6.45) is 12.0. The molecule has 0 radical (unpaired) electrons. The second-order valence-electron chi connectivity index (χ2n) is 6.83. The molecule has 0 bridgehead atoms. The molecule has 13 heteroatoms. The van der Waals surface area contributed by atoms with Crippen molar-refractivity contribution in [2.75, 3.05) is 37.0 Å². The van der Waals surface area contributed by atoms with Gasteiger partial charge in [-0.1, -0.05) is 65.8 Å². The molecule has 0 fully saturated rings. The van der Waals surface area contributed by atoms with E-state index in [1.165, 1.54) is 37.0 Å². The van der Waals surface area contributed by atoms with Gasteiger partial charge < -0.3 is 9.66 Å². The Morgan fingerprint density at radius 1 is 0.789 bits per heavy atom. The third-order valence-electron chi connectivity index (χ3n) is 4.55. The molecule has 6 nitrogen and oxygen atoms in total. The first-order valence-electron chi connectivity index (χ1n) is 11.8. The number of rotatable bonds is 7. The fourth-order valence-corrected chi connectivity index (χ4v) is 4.92. The fourth-order valence-electron chi connectivity index (χ4n) is 2.23. The molecule has 38 heavy (non-hydrogen) atoms. The third kappa shape index (κ3) is 28.1. The van der Waals surface area contributed by atoms with Crippen LogP contribution in [0.5, 0.6) is 0 Å². The molecule has 0 unspecified atom stereocenters. The van der Waals surface area contributed by atoms with Crippen molar-refractivity contribution in [2.24, 2.45) is 0 Å². The normalized spacial score (nSPS) is 10.1. The molecule has 224 valence electrons. The Morgan fingerprint density at radius 2 is 1.08 bits per heavy atom. The molecule has 0 aliphatic heterocycles. The van der Waals surface area contributed by atoms with Gasteiger partial charge in [0.25, 0.3) is 0 Å². The summed E-state index contributed by atoms with van der Waals surface area (Å²) in [4.78, 5) is 14.0. The number of aromatic nitrogens is 1. The second kappa shape index (κ2) is 27.6. The smallest absolute Gasteiger partial charge is 0.485 e. The van der Waals surface area contributed by atoms with Gasteiger partial charge in [0.15, 0.2) is 10.1 Å².